The second-order valence-corrected chi connectivity index (χ2v) is 3.92. The third-order valence-corrected chi connectivity index (χ3v) is 1.35. The van der Waals surface area contributed by atoms with Gasteiger partial charge in [-0.1, -0.05) is 0 Å². The number of nitrogens with zero attached hydrogens (tertiary/aromatic N) is 2. The smallest absolute Gasteiger partial charge is 0.413 e. The monoisotopic (exact) mass is 210 g/mol. The van der Waals surface area contributed by atoms with Gasteiger partial charge < -0.3 is 10.5 Å². The van der Waals surface area contributed by atoms with Crippen LogP contribution in [0, 0.1) is 0 Å². The van der Waals surface area contributed by atoms with Gasteiger partial charge in [-0.25, -0.2) is 14.8 Å². The number of hydrogen-bond donors (Lipinski definition) is 2. The van der Waals surface area contributed by atoms with Crippen LogP contribution in [-0.2, 0) is 4.74 Å². The molecule has 0 unspecified atom stereocenters. The summed E-state index contributed by atoms with van der Waals surface area (Å²) in [6.45, 7) is 5.31. The minimum Gasteiger partial charge on any atom is -0.444 e. The van der Waals surface area contributed by atoms with Crippen LogP contribution in [0.2, 0.25) is 0 Å². The summed E-state index contributed by atoms with van der Waals surface area (Å²) in [7, 11) is 0. The van der Waals surface area contributed by atoms with Crippen LogP contribution in [0.15, 0.2) is 12.4 Å². The van der Waals surface area contributed by atoms with Gasteiger partial charge in [0.05, 0.1) is 0 Å². The number of nitrogens with one attached hydrogen (secondary N) is 1. The first-order chi connectivity index (χ1) is 6.88. The molecule has 0 saturated heterocycles. The first-order valence-corrected chi connectivity index (χ1v) is 4.45. The lowest BCUT2D eigenvalue weighted by Crippen LogP contribution is -2.27. The summed E-state index contributed by atoms with van der Waals surface area (Å²) >= 11 is 0. The summed E-state index contributed by atoms with van der Waals surface area (Å²) in [4.78, 5) is 18.9. The van der Waals surface area contributed by atoms with Crippen molar-refractivity contribution in [1.29, 1.82) is 0 Å². The predicted octanol–water partition coefficient (Wildman–Crippen LogP) is 1.41. The summed E-state index contributed by atoms with van der Waals surface area (Å²) in [5, 5.41) is 2.41. The zero-order valence-corrected chi connectivity index (χ0v) is 8.94. The molecule has 6 heteroatoms. The van der Waals surface area contributed by atoms with E-state index in [0.717, 1.165) is 0 Å². The molecular formula is C9H14N4O2. The Labute approximate surface area is 87.9 Å². The average molecular weight is 210 g/mol. The molecule has 0 saturated carbocycles. The molecule has 0 aromatic carbocycles. The Balaban J connectivity index is 2.64. The summed E-state index contributed by atoms with van der Waals surface area (Å²) < 4.78 is 5.02. The normalized spacial score (nSPS) is 10.9. The van der Waals surface area contributed by atoms with Gasteiger partial charge in [0.15, 0.2) is 11.6 Å². The second kappa shape index (κ2) is 4.12. The molecule has 3 N–H and O–H groups in total. The summed E-state index contributed by atoms with van der Waals surface area (Å²) in [6.07, 6.45) is 2.27. The van der Waals surface area contributed by atoms with Gasteiger partial charge in [0, 0.05) is 12.4 Å². The van der Waals surface area contributed by atoms with Crippen molar-refractivity contribution in [3.8, 4) is 0 Å². The standard InChI is InChI=1S/C9H14N4O2/c1-9(2,3)15-8(14)13-7-6(10)11-4-5-12-7/h4-5H,1-3H3,(H2,10,11)(H,12,13,14). The quantitative estimate of drug-likeness (QED) is 0.731. The van der Waals surface area contributed by atoms with Gasteiger partial charge in [0.25, 0.3) is 0 Å². The van der Waals surface area contributed by atoms with Crippen molar-refractivity contribution in [2.45, 2.75) is 26.4 Å². The maximum absolute atomic E-state index is 11.3. The van der Waals surface area contributed by atoms with Crippen molar-refractivity contribution >= 4 is 17.7 Å². The Kier molecular flexibility index (Phi) is 3.08. The minimum absolute atomic E-state index is 0.156. The van der Waals surface area contributed by atoms with Crippen LogP contribution in [-0.4, -0.2) is 21.7 Å². The van der Waals surface area contributed by atoms with Gasteiger partial charge in [-0.15, -0.1) is 0 Å². The van der Waals surface area contributed by atoms with Crippen LogP contribution in [0.3, 0.4) is 0 Å². The van der Waals surface area contributed by atoms with E-state index < -0.39 is 11.7 Å². The average Bonchev–Trinajstić information content (AvgIpc) is 2.05. The maximum Gasteiger partial charge on any atom is 0.413 e. The summed E-state index contributed by atoms with van der Waals surface area (Å²) in [5.41, 5.74) is 4.93. The number of rotatable bonds is 1. The van der Waals surface area contributed by atoms with E-state index in [-0.39, 0.29) is 11.6 Å². The number of nitrogen functional groups attached to an aromatic ring is 1. The van der Waals surface area contributed by atoms with Gasteiger partial charge >= 0.3 is 6.09 Å². The number of ether oxygens (including phenoxy) is 1. The molecule has 0 aliphatic carbocycles. The fraction of sp³-hybridized carbons (Fsp3) is 0.444. The molecule has 0 atom stereocenters. The van der Waals surface area contributed by atoms with Gasteiger partial charge in [0.1, 0.15) is 5.60 Å². The van der Waals surface area contributed by atoms with Crippen LogP contribution in [0.4, 0.5) is 16.4 Å². The Bertz CT molecular complexity index is 359. The van der Waals surface area contributed by atoms with Crippen molar-refractivity contribution in [1.82, 2.24) is 9.97 Å². The topological polar surface area (TPSA) is 90.1 Å². The van der Waals surface area contributed by atoms with Crippen LogP contribution in [0.5, 0.6) is 0 Å². The number of carbonyl (C=O) groups is 1. The van der Waals surface area contributed by atoms with Crippen molar-refractivity contribution in [2.75, 3.05) is 11.1 Å². The third-order valence-electron chi connectivity index (χ3n) is 1.35. The van der Waals surface area contributed by atoms with E-state index in [2.05, 4.69) is 15.3 Å². The minimum atomic E-state index is -0.602. The van der Waals surface area contributed by atoms with Crippen LogP contribution < -0.4 is 11.1 Å². The van der Waals surface area contributed by atoms with E-state index in [1.807, 2.05) is 0 Å². The molecule has 0 aliphatic rings. The van der Waals surface area contributed by atoms with Crippen molar-refractivity contribution in [2.24, 2.45) is 0 Å². The second-order valence-electron chi connectivity index (χ2n) is 3.92. The van der Waals surface area contributed by atoms with Gasteiger partial charge in [-0.05, 0) is 20.8 Å². The number of anilines is 2. The van der Waals surface area contributed by atoms with E-state index in [0.29, 0.717) is 0 Å². The van der Waals surface area contributed by atoms with Crippen molar-refractivity contribution in [3.63, 3.8) is 0 Å². The Hall–Kier alpha value is -1.85. The molecule has 0 aliphatic heterocycles. The fourth-order valence-electron chi connectivity index (χ4n) is 0.845. The zero-order chi connectivity index (χ0) is 11.5. The van der Waals surface area contributed by atoms with Gasteiger partial charge in [-0.3, -0.25) is 5.32 Å². The predicted molar refractivity (Wildman–Crippen MR) is 56.3 cm³/mol. The van der Waals surface area contributed by atoms with Crippen LogP contribution in [0.25, 0.3) is 0 Å². The van der Waals surface area contributed by atoms with E-state index >= 15 is 0 Å². The van der Waals surface area contributed by atoms with Gasteiger partial charge in [-0.2, -0.15) is 0 Å². The molecule has 1 aromatic rings. The van der Waals surface area contributed by atoms with E-state index in [1.165, 1.54) is 12.4 Å². The number of aromatic nitrogens is 2. The first-order valence-electron chi connectivity index (χ1n) is 4.45. The van der Waals surface area contributed by atoms with Crippen molar-refractivity contribution < 1.29 is 9.53 Å². The molecule has 1 aromatic heterocycles. The zero-order valence-electron chi connectivity index (χ0n) is 8.94. The van der Waals surface area contributed by atoms with Crippen molar-refractivity contribution in [3.05, 3.63) is 12.4 Å². The third kappa shape index (κ3) is 3.80. The summed E-state index contributed by atoms with van der Waals surface area (Å²) in [6, 6.07) is 0. The SMILES string of the molecule is CC(C)(C)OC(=O)Nc1nccnc1N. The molecule has 1 rings (SSSR count). The van der Waals surface area contributed by atoms with E-state index in [4.69, 9.17) is 10.5 Å². The Morgan fingerprint density at radius 3 is 2.53 bits per heavy atom. The highest BCUT2D eigenvalue weighted by Gasteiger charge is 2.17. The van der Waals surface area contributed by atoms with E-state index in [9.17, 15) is 4.79 Å². The molecule has 82 valence electrons. The molecule has 0 fully saturated rings. The molecule has 0 spiro atoms. The maximum atomic E-state index is 11.3. The highest BCUT2D eigenvalue weighted by Crippen LogP contribution is 2.12. The molecule has 0 bridgehead atoms. The lowest BCUT2D eigenvalue weighted by atomic mass is 10.2. The number of carbonyl (C=O) groups excluding carboxylic acids is 1. The molecule has 0 radical (unpaired) electrons. The van der Waals surface area contributed by atoms with Crippen LogP contribution in [0.1, 0.15) is 20.8 Å². The molecule has 1 amide bonds. The van der Waals surface area contributed by atoms with Gasteiger partial charge in [0.2, 0.25) is 0 Å². The lowest BCUT2D eigenvalue weighted by molar-refractivity contribution is 0.0635. The van der Waals surface area contributed by atoms with Crippen LogP contribution >= 0.6 is 0 Å². The molecular weight excluding hydrogens is 196 g/mol. The molecule has 15 heavy (non-hydrogen) atoms. The largest absolute Gasteiger partial charge is 0.444 e. The van der Waals surface area contributed by atoms with E-state index in [1.54, 1.807) is 20.8 Å². The fourth-order valence-corrected chi connectivity index (χ4v) is 0.845. The highest BCUT2D eigenvalue weighted by molar-refractivity contribution is 5.86. The number of nitrogens with two attached hydrogens (primary N) is 1. The Morgan fingerprint density at radius 2 is 2.00 bits per heavy atom. The number of amides is 1. The molecule has 6 nitrogen and oxygen atoms in total. The Morgan fingerprint density at radius 1 is 1.40 bits per heavy atom. The summed E-state index contributed by atoms with van der Waals surface area (Å²) in [5.74, 6) is 0.357. The highest BCUT2D eigenvalue weighted by atomic mass is 16.6. The molecule has 1 heterocycles. The number of hydrogen-bond acceptors (Lipinski definition) is 5. The lowest BCUT2D eigenvalue weighted by Gasteiger charge is -2.19. The first kappa shape index (κ1) is 11.2.